The van der Waals surface area contributed by atoms with E-state index in [4.69, 9.17) is 0 Å². The molecule has 0 atom stereocenters. The minimum absolute atomic E-state index is 0.469. The van der Waals surface area contributed by atoms with Gasteiger partial charge in [0.05, 0.1) is 0 Å². The van der Waals surface area contributed by atoms with Crippen LogP contribution in [0.3, 0.4) is 0 Å². The fourth-order valence-corrected chi connectivity index (χ4v) is 2.38. The summed E-state index contributed by atoms with van der Waals surface area (Å²) < 4.78 is 1.08. The van der Waals surface area contributed by atoms with Crippen molar-refractivity contribution < 1.29 is 0 Å². The number of rotatable bonds is 5. The Kier molecular flexibility index (Phi) is 5.36. The van der Waals surface area contributed by atoms with Crippen LogP contribution in [-0.4, -0.2) is 16.0 Å². The maximum Gasteiger partial charge on any atom is 0.192 e. The number of benzene rings is 1. The van der Waals surface area contributed by atoms with Crippen molar-refractivity contribution in [2.45, 2.75) is 36.5 Å². The fraction of sp³-hybridized carbons (Fsp3) is 0.286. The van der Waals surface area contributed by atoms with Gasteiger partial charge >= 0.3 is 0 Å². The fourth-order valence-electron chi connectivity index (χ4n) is 1.42. The summed E-state index contributed by atoms with van der Waals surface area (Å²) >= 11 is 4.99. The van der Waals surface area contributed by atoms with Crippen LogP contribution in [0.4, 0.5) is 0 Å². The van der Waals surface area contributed by atoms with Crippen LogP contribution < -0.4 is 5.32 Å². The Bertz CT molecular complexity index is 511. The van der Waals surface area contributed by atoms with Crippen molar-refractivity contribution in [1.82, 2.24) is 15.3 Å². The molecule has 0 bridgehead atoms. The summed E-state index contributed by atoms with van der Waals surface area (Å²) in [6.45, 7) is 5.05. The Morgan fingerprint density at radius 3 is 2.37 bits per heavy atom. The van der Waals surface area contributed by atoms with E-state index in [9.17, 15) is 0 Å². The summed E-state index contributed by atoms with van der Waals surface area (Å²) in [5.41, 5.74) is 1.11. The Morgan fingerprint density at radius 2 is 1.79 bits per heavy atom. The number of nitrogens with zero attached hydrogens (tertiary/aromatic N) is 2. The van der Waals surface area contributed by atoms with Gasteiger partial charge in [-0.3, -0.25) is 0 Å². The van der Waals surface area contributed by atoms with E-state index in [1.165, 1.54) is 0 Å². The summed E-state index contributed by atoms with van der Waals surface area (Å²) in [4.78, 5) is 9.88. The molecule has 0 unspecified atom stereocenters. The summed E-state index contributed by atoms with van der Waals surface area (Å²) in [6, 6.07) is 8.60. The molecule has 0 radical (unpaired) electrons. The molecule has 0 aliphatic rings. The molecular weight excluding hydrogens is 322 g/mol. The van der Waals surface area contributed by atoms with Crippen LogP contribution in [0, 0.1) is 0 Å². The van der Waals surface area contributed by atoms with Crippen molar-refractivity contribution in [3.63, 3.8) is 0 Å². The van der Waals surface area contributed by atoms with Gasteiger partial charge in [0.2, 0.25) is 0 Å². The molecule has 0 fully saturated rings. The summed E-state index contributed by atoms with van der Waals surface area (Å²) in [7, 11) is 0. The number of nitrogens with one attached hydrogen (secondary N) is 1. The molecule has 1 aromatic carbocycles. The van der Waals surface area contributed by atoms with E-state index in [2.05, 4.69) is 45.1 Å². The highest BCUT2D eigenvalue weighted by molar-refractivity contribution is 9.10. The second-order valence-corrected chi connectivity index (χ2v) is 6.42. The average Bonchev–Trinajstić information content (AvgIpc) is 2.40. The van der Waals surface area contributed by atoms with Crippen molar-refractivity contribution in [1.29, 1.82) is 0 Å². The van der Waals surface area contributed by atoms with E-state index in [1.807, 2.05) is 36.7 Å². The highest BCUT2D eigenvalue weighted by atomic mass is 79.9. The second-order valence-electron chi connectivity index (χ2n) is 4.47. The number of hydrogen-bond donors (Lipinski definition) is 1. The van der Waals surface area contributed by atoms with E-state index >= 15 is 0 Å². The first-order chi connectivity index (χ1) is 9.13. The van der Waals surface area contributed by atoms with E-state index in [1.54, 1.807) is 11.8 Å². The Labute approximate surface area is 126 Å². The SMILES string of the molecule is CC(C)NCc1cnc(Sc2ccc(Br)cc2)nc1. The van der Waals surface area contributed by atoms with Gasteiger partial charge in [-0.25, -0.2) is 9.97 Å². The molecule has 0 aliphatic heterocycles. The lowest BCUT2D eigenvalue weighted by molar-refractivity contribution is 0.585. The molecule has 0 aliphatic carbocycles. The lowest BCUT2D eigenvalue weighted by Crippen LogP contribution is -2.21. The maximum atomic E-state index is 4.37. The number of halogens is 1. The number of hydrogen-bond acceptors (Lipinski definition) is 4. The predicted octanol–water partition coefficient (Wildman–Crippen LogP) is 3.89. The van der Waals surface area contributed by atoms with Crippen molar-refractivity contribution in [3.05, 3.63) is 46.7 Å². The van der Waals surface area contributed by atoms with E-state index in [-0.39, 0.29) is 0 Å². The molecule has 0 amide bonds. The highest BCUT2D eigenvalue weighted by Gasteiger charge is 2.02. The van der Waals surface area contributed by atoms with Gasteiger partial charge in [0, 0.05) is 39.9 Å². The van der Waals surface area contributed by atoms with Crippen LogP contribution in [0.1, 0.15) is 19.4 Å². The third kappa shape index (κ3) is 4.93. The lowest BCUT2D eigenvalue weighted by atomic mass is 10.3. The molecule has 1 heterocycles. The Hall–Kier alpha value is -0.910. The smallest absolute Gasteiger partial charge is 0.192 e. The summed E-state index contributed by atoms with van der Waals surface area (Å²) in [5.74, 6) is 0. The zero-order chi connectivity index (χ0) is 13.7. The van der Waals surface area contributed by atoms with E-state index in [0.717, 1.165) is 26.6 Å². The predicted molar refractivity (Wildman–Crippen MR) is 82.3 cm³/mol. The molecule has 100 valence electrons. The van der Waals surface area contributed by atoms with Crippen LogP contribution in [0.2, 0.25) is 0 Å². The minimum Gasteiger partial charge on any atom is -0.310 e. The second kappa shape index (κ2) is 7.03. The maximum absolute atomic E-state index is 4.37. The van der Waals surface area contributed by atoms with Gasteiger partial charge in [-0.15, -0.1) is 0 Å². The molecule has 0 spiro atoms. The minimum atomic E-state index is 0.469. The first-order valence-electron chi connectivity index (χ1n) is 6.11. The normalized spacial score (nSPS) is 10.9. The molecular formula is C14H16BrN3S. The van der Waals surface area contributed by atoms with E-state index in [0.29, 0.717) is 6.04 Å². The average molecular weight is 338 g/mol. The van der Waals surface area contributed by atoms with Gasteiger partial charge in [0.1, 0.15) is 0 Å². The molecule has 2 rings (SSSR count). The zero-order valence-electron chi connectivity index (χ0n) is 10.9. The van der Waals surface area contributed by atoms with Gasteiger partial charge in [-0.2, -0.15) is 0 Å². The molecule has 19 heavy (non-hydrogen) atoms. The Morgan fingerprint density at radius 1 is 1.16 bits per heavy atom. The summed E-state index contributed by atoms with van der Waals surface area (Å²) in [6.07, 6.45) is 3.76. The molecule has 5 heteroatoms. The monoisotopic (exact) mass is 337 g/mol. The largest absolute Gasteiger partial charge is 0.310 e. The van der Waals surface area contributed by atoms with Crippen molar-refractivity contribution in [2.75, 3.05) is 0 Å². The highest BCUT2D eigenvalue weighted by Crippen LogP contribution is 2.25. The molecule has 3 nitrogen and oxygen atoms in total. The zero-order valence-corrected chi connectivity index (χ0v) is 13.3. The van der Waals surface area contributed by atoms with Gasteiger partial charge in [-0.1, -0.05) is 29.8 Å². The van der Waals surface area contributed by atoms with Gasteiger partial charge in [0.25, 0.3) is 0 Å². The van der Waals surface area contributed by atoms with Gasteiger partial charge in [-0.05, 0) is 36.0 Å². The molecule has 0 saturated carbocycles. The van der Waals surface area contributed by atoms with Gasteiger partial charge in [0.15, 0.2) is 5.16 Å². The van der Waals surface area contributed by atoms with Crippen molar-refractivity contribution in [3.8, 4) is 0 Å². The van der Waals surface area contributed by atoms with Crippen LogP contribution in [0.15, 0.2) is 51.2 Å². The van der Waals surface area contributed by atoms with Crippen LogP contribution in [0.25, 0.3) is 0 Å². The van der Waals surface area contributed by atoms with Crippen molar-refractivity contribution in [2.24, 2.45) is 0 Å². The molecule has 2 aromatic rings. The molecule has 0 saturated heterocycles. The Balaban J connectivity index is 1.96. The first kappa shape index (κ1) is 14.5. The molecule has 1 N–H and O–H groups in total. The van der Waals surface area contributed by atoms with Crippen LogP contribution >= 0.6 is 27.7 Å². The first-order valence-corrected chi connectivity index (χ1v) is 7.72. The molecule has 1 aromatic heterocycles. The number of aromatic nitrogens is 2. The topological polar surface area (TPSA) is 37.8 Å². The van der Waals surface area contributed by atoms with Gasteiger partial charge < -0.3 is 5.32 Å². The quantitative estimate of drug-likeness (QED) is 0.840. The van der Waals surface area contributed by atoms with E-state index < -0.39 is 0 Å². The van der Waals surface area contributed by atoms with Crippen molar-refractivity contribution >= 4 is 27.7 Å². The van der Waals surface area contributed by atoms with Crippen LogP contribution in [0.5, 0.6) is 0 Å². The third-order valence-electron chi connectivity index (χ3n) is 2.42. The lowest BCUT2D eigenvalue weighted by Gasteiger charge is -2.07. The standard InChI is InChI=1S/C14H16BrN3S/c1-10(2)16-7-11-8-17-14(18-9-11)19-13-5-3-12(15)4-6-13/h3-6,8-10,16H,7H2,1-2H3. The third-order valence-corrected chi connectivity index (χ3v) is 3.85. The van der Waals surface area contributed by atoms with Crippen LogP contribution in [-0.2, 0) is 6.54 Å². The summed E-state index contributed by atoms with van der Waals surface area (Å²) in [5, 5.41) is 4.12.